The Morgan fingerprint density at radius 2 is 1.76 bits per heavy atom. The smallest absolute Gasteiger partial charge is 0.234 e. The topological polar surface area (TPSA) is 44.4 Å². The molecule has 0 aromatic rings. The van der Waals surface area contributed by atoms with Gasteiger partial charge >= 0.3 is 0 Å². The molecule has 98 valence electrons. The normalized spacial score (nSPS) is 24.1. The van der Waals surface area contributed by atoms with Gasteiger partial charge in [0.2, 0.25) is 5.91 Å². The fourth-order valence-corrected chi connectivity index (χ4v) is 2.93. The number of carbonyl (C=O) groups excluding carboxylic acids is 1. The lowest BCUT2D eigenvalue weighted by Gasteiger charge is -2.31. The Balaban J connectivity index is 1.65. The molecule has 2 rings (SSSR count). The first kappa shape index (κ1) is 12.8. The quantitative estimate of drug-likeness (QED) is 0.760. The van der Waals surface area contributed by atoms with Crippen LogP contribution in [0.25, 0.3) is 0 Å². The molecule has 0 spiro atoms. The van der Waals surface area contributed by atoms with Crippen LogP contribution in [0.3, 0.4) is 0 Å². The van der Waals surface area contributed by atoms with Gasteiger partial charge in [0.1, 0.15) is 0 Å². The van der Waals surface area contributed by atoms with E-state index in [0.717, 1.165) is 25.9 Å². The molecule has 0 unspecified atom stereocenters. The fraction of sp³-hybridized carbons (Fsp3) is 0.923. The zero-order valence-corrected chi connectivity index (χ0v) is 10.9. The fourth-order valence-electron chi connectivity index (χ4n) is 2.93. The average Bonchev–Trinajstić information content (AvgIpc) is 2.82. The highest BCUT2D eigenvalue weighted by atomic mass is 16.2. The molecule has 2 fully saturated rings. The van der Waals surface area contributed by atoms with Gasteiger partial charge in [-0.2, -0.15) is 0 Å². The van der Waals surface area contributed by atoms with Gasteiger partial charge in [-0.15, -0.1) is 0 Å². The summed E-state index contributed by atoms with van der Waals surface area (Å²) in [6.45, 7) is 2.68. The van der Waals surface area contributed by atoms with E-state index >= 15 is 0 Å². The Hall–Kier alpha value is -0.610. The Morgan fingerprint density at radius 1 is 1.12 bits per heavy atom. The van der Waals surface area contributed by atoms with Gasteiger partial charge in [0.05, 0.1) is 6.54 Å². The lowest BCUT2D eigenvalue weighted by Crippen LogP contribution is -2.46. The van der Waals surface area contributed by atoms with Gasteiger partial charge in [-0.3, -0.25) is 9.69 Å². The van der Waals surface area contributed by atoms with Crippen molar-refractivity contribution in [2.75, 3.05) is 26.7 Å². The molecule has 0 aromatic heterocycles. The van der Waals surface area contributed by atoms with Gasteiger partial charge in [0.15, 0.2) is 0 Å². The van der Waals surface area contributed by atoms with Crippen LogP contribution in [0.5, 0.6) is 0 Å². The molecule has 1 aliphatic carbocycles. The number of nitrogens with one attached hydrogen (secondary N) is 2. The van der Waals surface area contributed by atoms with Gasteiger partial charge in [-0.1, -0.05) is 12.8 Å². The molecule has 17 heavy (non-hydrogen) atoms. The van der Waals surface area contributed by atoms with E-state index < -0.39 is 0 Å². The minimum Gasteiger partial charge on any atom is -0.352 e. The summed E-state index contributed by atoms with van der Waals surface area (Å²) in [5.41, 5.74) is 0. The third-order valence-corrected chi connectivity index (χ3v) is 4.08. The molecule has 0 atom stereocenters. The second kappa shape index (κ2) is 6.36. The van der Waals surface area contributed by atoms with Crippen molar-refractivity contribution in [3.8, 4) is 0 Å². The lowest BCUT2D eigenvalue weighted by molar-refractivity contribution is -0.123. The Kier molecular flexibility index (Phi) is 4.80. The maximum atomic E-state index is 11.8. The van der Waals surface area contributed by atoms with Crippen LogP contribution in [0.15, 0.2) is 0 Å². The Morgan fingerprint density at radius 3 is 2.35 bits per heavy atom. The third-order valence-electron chi connectivity index (χ3n) is 4.08. The molecule has 1 aliphatic heterocycles. The zero-order chi connectivity index (χ0) is 12.1. The second-order valence-corrected chi connectivity index (χ2v) is 5.39. The summed E-state index contributed by atoms with van der Waals surface area (Å²) in [7, 11) is 2.02. The largest absolute Gasteiger partial charge is 0.352 e. The van der Waals surface area contributed by atoms with E-state index in [1.165, 1.54) is 25.7 Å². The predicted molar refractivity (Wildman–Crippen MR) is 68.9 cm³/mol. The van der Waals surface area contributed by atoms with Crippen LogP contribution in [-0.2, 0) is 4.79 Å². The summed E-state index contributed by atoms with van der Waals surface area (Å²) in [6.07, 6.45) is 7.22. The highest BCUT2D eigenvalue weighted by Gasteiger charge is 2.21. The lowest BCUT2D eigenvalue weighted by atomic mass is 10.1. The SMILES string of the molecule is CNC1CCN(CC(=O)NC2CCCC2)CC1. The van der Waals surface area contributed by atoms with Crippen molar-refractivity contribution in [1.29, 1.82) is 0 Å². The van der Waals surface area contributed by atoms with Gasteiger partial charge in [0.25, 0.3) is 0 Å². The molecule has 2 N–H and O–H groups in total. The molecule has 1 amide bonds. The van der Waals surface area contributed by atoms with Crippen molar-refractivity contribution < 1.29 is 4.79 Å². The van der Waals surface area contributed by atoms with E-state index in [4.69, 9.17) is 0 Å². The third kappa shape index (κ3) is 3.96. The number of carbonyl (C=O) groups is 1. The number of hydrogen-bond acceptors (Lipinski definition) is 3. The van der Waals surface area contributed by atoms with Crippen molar-refractivity contribution in [2.45, 2.75) is 50.6 Å². The highest BCUT2D eigenvalue weighted by molar-refractivity contribution is 5.78. The zero-order valence-electron chi connectivity index (χ0n) is 10.9. The number of nitrogens with zero attached hydrogens (tertiary/aromatic N) is 1. The number of amides is 1. The summed E-state index contributed by atoms with van der Waals surface area (Å²) in [5.74, 6) is 0.222. The van der Waals surface area contributed by atoms with Gasteiger partial charge in [-0.05, 0) is 32.7 Å². The van der Waals surface area contributed by atoms with E-state index in [1.54, 1.807) is 0 Å². The summed E-state index contributed by atoms with van der Waals surface area (Å²) < 4.78 is 0. The van der Waals surface area contributed by atoms with Crippen LogP contribution in [0.2, 0.25) is 0 Å². The molecule has 4 heteroatoms. The van der Waals surface area contributed by atoms with Gasteiger partial charge in [0, 0.05) is 25.2 Å². The molecular weight excluding hydrogens is 214 g/mol. The maximum absolute atomic E-state index is 11.8. The van der Waals surface area contributed by atoms with E-state index in [0.29, 0.717) is 18.6 Å². The monoisotopic (exact) mass is 239 g/mol. The molecule has 1 saturated carbocycles. The summed E-state index contributed by atoms with van der Waals surface area (Å²) in [4.78, 5) is 14.1. The summed E-state index contributed by atoms with van der Waals surface area (Å²) >= 11 is 0. The molecular formula is C13H25N3O. The van der Waals surface area contributed by atoms with Crippen LogP contribution < -0.4 is 10.6 Å². The maximum Gasteiger partial charge on any atom is 0.234 e. The Labute approximate surface area is 104 Å². The number of rotatable bonds is 4. The number of piperidine rings is 1. The first-order valence-electron chi connectivity index (χ1n) is 6.97. The van der Waals surface area contributed by atoms with Crippen LogP contribution in [0.1, 0.15) is 38.5 Å². The van der Waals surface area contributed by atoms with Crippen molar-refractivity contribution >= 4 is 5.91 Å². The predicted octanol–water partition coefficient (Wildman–Crippen LogP) is 0.729. The van der Waals surface area contributed by atoms with Crippen molar-refractivity contribution in [3.05, 3.63) is 0 Å². The molecule has 1 heterocycles. The van der Waals surface area contributed by atoms with E-state index in [9.17, 15) is 4.79 Å². The van der Waals surface area contributed by atoms with Gasteiger partial charge in [-0.25, -0.2) is 0 Å². The van der Waals surface area contributed by atoms with Gasteiger partial charge < -0.3 is 10.6 Å². The highest BCUT2D eigenvalue weighted by Crippen LogP contribution is 2.17. The Bertz CT molecular complexity index is 243. The molecule has 2 aliphatic rings. The van der Waals surface area contributed by atoms with E-state index in [-0.39, 0.29) is 5.91 Å². The second-order valence-electron chi connectivity index (χ2n) is 5.39. The number of likely N-dealkylation sites (tertiary alicyclic amines) is 1. The summed E-state index contributed by atoms with van der Waals surface area (Å²) in [5, 5.41) is 6.46. The first-order chi connectivity index (χ1) is 8.28. The van der Waals surface area contributed by atoms with Crippen molar-refractivity contribution in [2.24, 2.45) is 0 Å². The van der Waals surface area contributed by atoms with E-state index in [1.807, 2.05) is 7.05 Å². The van der Waals surface area contributed by atoms with Crippen LogP contribution in [0, 0.1) is 0 Å². The minimum absolute atomic E-state index is 0.222. The standard InChI is InChI=1S/C13H25N3O/c1-14-11-6-8-16(9-7-11)10-13(17)15-12-4-2-3-5-12/h11-12,14H,2-10H2,1H3,(H,15,17). The summed E-state index contributed by atoms with van der Waals surface area (Å²) in [6, 6.07) is 1.10. The molecule has 0 radical (unpaired) electrons. The van der Waals surface area contributed by atoms with Crippen molar-refractivity contribution in [3.63, 3.8) is 0 Å². The average molecular weight is 239 g/mol. The van der Waals surface area contributed by atoms with Crippen molar-refractivity contribution in [1.82, 2.24) is 15.5 Å². The molecule has 0 aromatic carbocycles. The van der Waals surface area contributed by atoms with Crippen LogP contribution >= 0.6 is 0 Å². The molecule has 1 saturated heterocycles. The molecule has 4 nitrogen and oxygen atoms in total. The first-order valence-corrected chi connectivity index (χ1v) is 6.97. The van der Waals surface area contributed by atoms with E-state index in [2.05, 4.69) is 15.5 Å². The van der Waals surface area contributed by atoms with Crippen LogP contribution in [-0.4, -0.2) is 49.6 Å². The molecule has 0 bridgehead atoms. The van der Waals surface area contributed by atoms with Crippen LogP contribution in [0.4, 0.5) is 0 Å². The minimum atomic E-state index is 0.222. The number of hydrogen-bond donors (Lipinski definition) is 2.